The first-order valence-electron chi connectivity index (χ1n) is 7.77. The average Bonchev–Trinajstić information content (AvgIpc) is 2.89. The van der Waals surface area contributed by atoms with Crippen LogP contribution in [0, 0.1) is 0 Å². The number of carbonyl (C=O) groups is 2. The Balaban J connectivity index is 1.81. The molecule has 0 saturated carbocycles. The summed E-state index contributed by atoms with van der Waals surface area (Å²) < 4.78 is 5.61. The summed E-state index contributed by atoms with van der Waals surface area (Å²) in [7, 11) is 1.61. The maximum absolute atomic E-state index is 12.8. The Morgan fingerprint density at radius 1 is 1.15 bits per heavy atom. The number of hydrogen-bond donors (Lipinski definition) is 1. The molecule has 1 N–H and O–H groups in total. The van der Waals surface area contributed by atoms with Crippen LogP contribution in [0.4, 0.5) is 11.4 Å². The number of hydrogen-bond acceptors (Lipinski definition) is 5. The minimum Gasteiger partial charge on any atom is -0.497 e. The van der Waals surface area contributed by atoms with E-state index in [2.05, 4.69) is 5.32 Å². The van der Waals surface area contributed by atoms with Crippen LogP contribution in [0.1, 0.15) is 12.5 Å². The predicted octanol–water partition coefficient (Wildman–Crippen LogP) is 4.06. The van der Waals surface area contributed by atoms with E-state index in [-0.39, 0.29) is 11.8 Å². The molecule has 1 saturated heterocycles. The topological polar surface area (TPSA) is 58.6 Å². The van der Waals surface area contributed by atoms with Gasteiger partial charge in [-0.05, 0) is 48.0 Å². The van der Waals surface area contributed by atoms with Crippen LogP contribution in [-0.4, -0.2) is 23.2 Å². The van der Waals surface area contributed by atoms with Crippen molar-refractivity contribution in [2.24, 2.45) is 0 Å². The number of nitrogens with one attached hydrogen (secondary N) is 1. The number of methoxy groups -OCH3 is 1. The molecule has 1 aliphatic rings. The second-order valence-corrected chi connectivity index (χ2v) is 7.19. The van der Waals surface area contributed by atoms with E-state index in [1.807, 2.05) is 30.3 Å². The predicted molar refractivity (Wildman–Crippen MR) is 109 cm³/mol. The summed E-state index contributed by atoms with van der Waals surface area (Å²) in [6.07, 6.45) is 1.81. The number of rotatable bonds is 4. The molecular weight excluding hydrogens is 368 g/mol. The van der Waals surface area contributed by atoms with Crippen LogP contribution in [0.15, 0.2) is 53.4 Å². The monoisotopic (exact) mass is 384 g/mol. The third-order valence-electron chi connectivity index (χ3n) is 3.65. The zero-order valence-electron chi connectivity index (χ0n) is 14.2. The third-order valence-corrected chi connectivity index (χ3v) is 4.96. The van der Waals surface area contributed by atoms with Crippen LogP contribution in [0.25, 0.3) is 6.08 Å². The van der Waals surface area contributed by atoms with Crippen molar-refractivity contribution in [2.45, 2.75) is 6.92 Å². The lowest BCUT2D eigenvalue weighted by molar-refractivity contribution is -0.114. The molecule has 0 unspecified atom stereocenters. The van der Waals surface area contributed by atoms with Gasteiger partial charge in [-0.1, -0.05) is 36.1 Å². The fraction of sp³-hybridized carbons (Fsp3) is 0.105. The summed E-state index contributed by atoms with van der Waals surface area (Å²) in [5, 5.41) is 2.69. The van der Waals surface area contributed by atoms with Gasteiger partial charge in [0.25, 0.3) is 5.91 Å². The lowest BCUT2D eigenvalue weighted by Gasteiger charge is -2.15. The summed E-state index contributed by atoms with van der Waals surface area (Å²) in [6.45, 7) is 1.44. The minimum absolute atomic E-state index is 0.147. The Labute approximate surface area is 161 Å². The molecule has 1 fully saturated rings. The van der Waals surface area contributed by atoms with E-state index in [1.54, 1.807) is 31.4 Å². The SMILES string of the molecule is COc1ccc(/C=C2\SC(=S)N(c3ccc(NC(C)=O)cc3)C2=O)cc1. The Bertz CT molecular complexity index is 890. The van der Waals surface area contributed by atoms with Crippen LogP contribution in [0.5, 0.6) is 5.75 Å². The van der Waals surface area contributed by atoms with Crippen molar-refractivity contribution in [3.8, 4) is 5.75 Å². The van der Waals surface area contributed by atoms with E-state index in [1.165, 1.54) is 23.6 Å². The van der Waals surface area contributed by atoms with E-state index in [0.29, 0.717) is 20.6 Å². The van der Waals surface area contributed by atoms with Crippen LogP contribution in [0.2, 0.25) is 0 Å². The fourth-order valence-electron chi connectivity index (χ4n) is 2.44. The van der Waals surface area contributed by atoms with Gasteiger partial charge in [0.15, 0.2) is 4.32 Å². The molecule has 0 radical (unpaired) electrons. The van der Waals surface area contributed by atoms with Gasteiger partial charge in [-0.15, -0.1) is 0 Å². The van der Waals surface area contributed by atoms with Gasteiger partial charge >= 0.3 is 0 Å². The standard InChI is InChI=1S/C19H16N2O3S2/c1-12(22)20-14-5-7-15(8-6-14)21-18(23)17(26-19(21)25)11-13-3-9-16(24-2)10-4-13/h3-11H,1-2H3,(H,20,22)/b17-11-. The van der Waals surface area contributed by atoms with Crippen molar-refractivity contribution in [1.82, 2.24) is 0 Å². The molecule has 1 aliphatic heterocycles. The molecule has 1 heterocycles. The number of nitrogens with zero attached hydrogens (tertiary/aromatic N) is 1. The van der Waals surface area contributed by atoms with Gasteiger partial charge in [-0.25, -0.2) is 0 Å². The van der Waals surface area contributed by atoms with E-state index < -0.39 is 0 Å². The molecule has 2 aromatic rings. The third kappa shape index (κ3) is 3.95. The fourth-order valence-corrected chi connectivity index (χ4v) is 3.74. The zero-order valence-corrected chi connectivity index (χ0v) is 15.8. The van der Waals surface area contributed by atoms with E-state index >= 15 is 0 Å². The number of benzene rings is 2. The highest BCUT2D eigenvalue weighted by atomic mass is 32.2. The molecule has 0 bridgehead atoms. The molecule has 0 aliphatic carbocycles. The van der Waals surface area contributed by atoms with Gasteiger partial charge in [0, 0.05) is 12.6 Å². The number of anilines is 2. The number of thiocarbonyl (C=S) groups is 1. The first-order valence-corrected chi connectivity index (χ1v) is 9.00. The lowest BCUT2D eigenvalue weighted by atomic mass is 10.2. The lowest BCUT2D eigenvalue weighted by Crippen LogP contribution is -2.27. The van der Waals surface area contributed by atoms with Crippen molar-refractivity contribution in [3.05, 3.63) is 59.0 Å². The van der Waals surface area contributed by atoms with Crippen LogP contribution >= 0.6 is 24.0 Å². The number of ether oxygens (including phenoxy) is 1. The molecule has 2 aromatic carbocycles. The summed E-state index contributed by atoms with van der Waals surface area (Å²) in [5.74, 6) is 0.447. The molecule has 132 valence electrons. The van der Waals surface area contributed by atoms with Gasteiger partial charge in [0.05, 0.1) is 17.7 Å². The van der Waals surface area contributed by atoms with Crippen LogP contribution < -0.4 is 15.0 Å². The van der Waals surface area contributed by atoms with Crippen molar-refractivity contribution in [3.63, 3.8) is 0 Å². The molecule has 0 aromatic heterocycles. The van der Waals surface area contributed by atoms with Crippen LogP contribution in [-0.2, 0) is 9.59 Å². The highest BCUT2D eigenvalue weighted by Crippen LogP contribution is 2.36. The maximum atomic E-state index is 12.8. The molecule has 7 heteroatoms. The largest absolute Gasteiger partial charge is 0.497 e. The average molecular weight is 384 g/mol. The number of carbonyl (C=O) groups excluding carboxylic acids is 2. The molecule has 2 amide bonds. The van der Waals surface area contributed by atoms with Crippen molar-refractivity contribution >= 4 is 57.6 Å². The van der Waals surface area contributed by atoms with Gasteiger partial charge in [-0.3, -0.25) is 14.5 Å². The second kappa shape index (κ2) is 7.72. The first kappa shape index (κ1) is 18.2. The summed E-state index contributed by atoms with van der Waals surface area (Å²) >= 11 is 6.64. The number of amides is 2. The first-order chi connectivity index (χ1) is 12.5. The molecule has 0 spiro atoms. The Morgan fingerprint density at radius 3 is 2.38 bits per heavy atom. The Kier molecular flexibility index (Phi) is 5.39. The molecule has 5 nitrogen and oxygen atoms in total. The van der Waals surface area contributed by atoms with E-state index in [4.69, 9.17) is 17.0 Å². The normalized spacial score (nSPS) is 15.5. The van der Waals surface area contributed by atoms with Crippen molar-refractivity contribution in [1.29, 1.82) is 0 Å². The summed E-state index contributed by atoms with van der Waals surface area (Å²) in [5.41, 5.74) is 2.23. The minimum atomic E-state index is -0.164. The Morgan fingerprint density at radius 2 is 1.81 bits per heavy atom. The molecule has 3 rings (SSSR count). The van der Waals surface area contributed by atoms with Gasteiger partial charge < -0.3 is 10.1 Å². The van der Waals surface area contributed by atoms with Crippen molar-refractivity contribution in [2.75, 3.05) is 17.3 Å². The highest BCUT2D eigenvalue weighted by molar-refractivity contribution is 8.27. The van der Waals surface area contributed by atoms with Crippen molar-refractivity contribution < 1.29 is 14.3 Å². The maximum Gasteiger partial charge on any atom is 0.270 e. The quantitative estimate of drug-likeness (QED) is 0.636. The van der Waals surface area contributed by atoms with E-state index in [9.17, 15) is 9.59 Å². The molecular formula is C19H16N2O3S2. The van der Waals surface area contributed by atoms with Gasteiger partial charge in [0.1, 0.15) is 5.75 Å². The molecule has 0 atom stereocenters. The van der Waals surface area contributed by atoms with Crippen LogP contribution in [0.3, 0.4) is 0 Å². The zero-order chi connectivity index (χ0) is 18.7. The molecule has 26 heavy (non-hydrogen) atoms. The Hall–Kier alpha value is -2.64. The summed E-state index contributed by atoms with van der Waals surface area (Å²) in [4.78, 5) is 25.9. The summed E-state index contributed by atoms with van der Waals surface area (Å²) in [6, 6.07) is 14.4. The number of thioether (sulfide) groups is 1. The highest BCUT2D eigenvalue weighted by Gasteiger charge is 2.33. The van der Waals surface area contributed by atoms with Gasteiger partial charge in [0.2, 0.25) is 5.91 Å². The van der Waals surface area contributed by atoms with E-state index in [0.717, 1.165) is 11.3 Å². The second-order valence-electron chi connectivity index (χ2n) is 5.52. The van der Waals surface area contributed by atoms with Gasteiger partial charge in [-0.2, -0.15) is 0 Å². The smallest absolute Gasteiger partial charge is 0.270 e.